The third-order valence-corrected chi connectivity index (χ3v) is 3.80. The molecule has 0 aliphatic carbocycles. The summed E-state index contributed by atoms with van der Waals surface area (Å²) in [6.45, 7) is 2.03. The number of hydrogen-bond acceptors (Lipinski definition) is 3. The van der Waals surface area contributed by atoms with Crippen LogP contribution in [0.5, 0.6) is 0 Å². The fourth-order valence-corrected chi connectivity index (χ4v) is 2.71. The first-order valence-corrected chi connectivity index (χ1v) is 6.89. The highest BCUT2D eigenvalue weighted by atomic mass is 32.2. The summed E-state index contributed by atoms with van der Waals surface area (Å²) in [6, 6.07) is 12.5. The van der Waals surface area contributed by atoms with Gasteiger partial charge < -0.3 is 10.0 Å². The molecule has 0 aliphatic heterocycles. The van der Waals surface area contributed by atoms with E-state index in [0.29, 0.717) is 5.75 Å². The summed E-state index contributed by atoms with van der Waals surface area (Å²) in [6.07, 6.45) is 0. The van der Waals surface area contributed by atoms with Gasteiger partial charge in [-0.1, -0.05) is 29.8 Å². The van der Waals surface area contributed by atoms with Crippen LogP contribution < -0.4 is 5.46 Å². The minimum absolute atomic E-state index is 0.0812. The van der Waals surface area contributed by atoms with Crippen LogP contribution in [0, 0.1) is 12.7 Å². The Labute approximate surface area is 116 Å². The average molecular weight is 276 g/mol. The summed E-state index contributed by atoms with van der Waals surface area (Å²) in [5, 5.41) is 18.1. The average Bonchev–Trinajstić information content (AvgIpc) is 2.37. The fourth-order valence-electron chi connectivity index (χ4n) is 1.75. The van der Waals surface area contributed by atoms with Gasteiger partial charge in [-0.25, -0.2) is 4.39 Å². The van der Waals surface area contributed by atoms with E-state index in [1.807, 2.05) is 25.1 Å². The molecule has 0 saturated carbocycles. The van der Waals surface area contributed by atoms with Crippen LogP contribution in [0.1, 0.15) is 11.1 Å². The van der Waals surface area contributed by atoms with Crippen molar-refractivity contribution in [3.8, 4) is 0 Å². The van der Waals surface area contributed by atoms with E-state index in [0.717, 1.165) is 10.5 Å². The smallest absolute Gasteiger partial charge is 0.423 e. The lowest BCUT2D eigenvalue weighted by Crippen LogP contribution is -2.32. The summed E-state index contributed by atoms with van der Waals surface area (Å²) in [4.78, 5) is 1.13. The second-order valence-corrected chi connectivity index (χ2v) is 5.38. The third-order valence-electron chi connectivity index (χ3n) is 2.73. The molecule has 0 aromatic heterocycles. The minimum Gasteiger partial charge on any atom is -0.423 e. The Kier molecular flexibility index (Phi) is 4.63. The molecule has 0 unspecified atom stereocenters. The lowest BCUT2D eigenvalue weighted by atomic mass is 9.79. The normalized spacial score (nSPS) is 10.5. The van der Waals surface area contributed by atoms with Gasteiger partial charge in [0.1, 0.15) is 5.82 Å². The second-order valence-electron chi connectivity index (χ2n) is 4.33. The Morgan fingerprint density at radius 1 is 1.16 bits per heavy atom. The molecule has 0 spiro atoms. The Balaban J connectivity index is 2.09. The molecule has 0 heterocycles. The molecule has 19 heavy (non-hydrogen) atoms. The number of thioether (sulfide) groups is 1. The highest BCUT2D eigenvalue weighted by molar-refractivity contribution is 7.98. The molecule has 0 radical (unpaired) electrons. The quantitative estimate of drug-likeness (QED) is 0.663. The Morgan fingerprint density at radius 3 is 2.63 bits per heavy atom. The molecule has 0 amide bonds. The summed E-state index contributed by atoms with van der Waals surface area (Å²) in [7, 11) is -1.77. The molecule has 2 rings (SSSR count). The Bertz CT molecular complexity index is 575. The number of hydrogen-bond donors (Lipinski definition) is 2. The summed E-state index contributed by atoms with van der Waals surface area (Å²) in [5.74, 6) is 0.0583. The number of rotatable bonds is 4. The number of aryl methyl sites for hydroxylation is 1. The van der Waals surface area contributed by atoms with E-state index in [-0.39, 0.29) is 5.46 Å². The molecule has 0 atom stereocenters. The van der Waals surface area contributed by atoms with Gasteiger partial charge in [0.2, 0.25) is 0 Å². The van der Waals surface area contributed by atoms with Gasteiger partial charge >= 0.3 is 7.12 Å². The monoisotopic (exact) mass is 276 g/mol. The van der Waals surface area contributed by atoms with Crippen molar-refractivity contribution in [1.29, 1.82) is 0 Å². The van der Waals surface area contributed by atoms with Crippen LogP contribution in [0.15, 0.2) is 47.4 Å². The van der Waals surface area contributed by atoms with E-state index in [9.17, 15) is 4.39 Å². The van der Waals surface area contributed by atoms with Gasteiger partial charge in [0.15, 0.2) is 0 Å². The van der Waals surface area contributed by atoms with Crippen LogP contribution >= 0.6 is 11.8 Å². The largest absolute Gasteiger partial charge is 0.491 e. The van der Waals surface area contributed by atoms with Crippen LogP contribution in [0.3, 0.4) is 0 Å². The number of halogens is 1. The van der Waals surface area contributed by atoms with Gasteiger partial charge in [-0.15, -0.1) is 11.8 Å². The van der Waals surface area contributed by atoms with E-state index in [1.54, 1.807) is 17.8 Å². The van der Waals surface area contributed by atoms with Gasteiger partial charge in [0.25, 0.3) is 0 Å². The molecular formula is C14H14BFO2S. The zero-order valence-electron chi connectivity index (χ0n) is 10.5. The predicted octanol–water partition coefficient (Wildman–Crippen LogP) is 2.11. The molecule has 2 N–H and O–H groups in total. The Hall–Kier alpha value is -1.30. The minimum atomic E-state index is -1.77. The molecule has 0 fully saturated rings. The van der Waals surface area contributed by atoms with E-state index in [2.05, 4.69) is 6.07 Å². The van der Waals surface area contributed by atoms with Gasteiger partial charge in [-0.2, -0.15) is 0 Å². The zero-order chi connectivity index (χ0) is 13.8. The van der Waals surface area contributed by atoms with E-state index in [1.165, 1.54) is 17.7 Å². The fraction of sp³-hybridized carbons (Fsp3) is 0.143. The molecule has 0 aliphatic rings. The van der Waals surface area contributed by atoms with Crippen molar-refractivity contribution in [3.05, 3.63) is 59.4 Å². The van der Waals surface area contributed by atoms with E-state index >= 15 is 0 Å². The van der Waals surface area contributed by atoms with E-state index in [4.69, 9.17) is 10.0 Å². The van der Waals surface area contributed by atoms with Crippen LogP contribution in [0.2, 0.25) is 0 Å². The van der Waals surface area contributed by atoms with Crippen LogP contribution in [-0.2, 0) is 5.75 Å². The van der Waals surface area contributed by atoms with Crippen LogP contribution in [0.4, 0.5) is 4.39 Å². The van der Waals surface area contributed by atoms with Crippen LogP contribution in [0.25, 0.3) is 0 Å². The van der Waals surface area contributed by atoms with Crippen molar-refractivity contribution in [3.63, 3.8) is 0 Å². The highest BCUT2D eigenvalue weighted by Crippen LogP contribution is 2.23. The summed E-state index contributed by atoms with van der Waals surface area (Å²) < 4.78 is 13.3. The molecule has 98 valence electrons. The molecule has 0 saturated heterocycles. The van der Waals surface area contributed by atoms with Gasteiger partial charge in [0, 0.05) is 16.1 Å². The highest BCUT2D eigenvalue weighted by Gasteiger charge is 2.16. The molecule has 0 bridgehead atoms. The lowest BCUT2D eigenvalue weighted by Gasteiger charge is -2.06. The third kappa shape index (κ3) is 3.83. The summed E-state index contributed by atoms with van der Waals surface area (Å²) >= 11 is 1.63. The Morgan fingerprint density at radius 2 is 1.95 bits per heavy atom. The standard InChI is InChI=1S/C14H14BFO2S/c1-10-3-2-4-12(7-10)19-9-11-5-6-14(16)13(8-11)15(17)18/h2-8,17-18H,9H2,1H3. The van der Waals surface area contributed by atoms with Crippen LogP contribution in [-0.4, -0.2) is 17.2 Å². The van der Waals surface area contributed by atoms with Gasteiger partial charge in [-0.3, -0.25) is 0 Å². The zero-order valence-corrected chi connectivity index (χ0v) is 11.3. The molecule has 5 heteroatoms. The van der Waals surface area contributed by atoms with Crippen molar-refractivity contribution in [2.24, 2.45) is 0 Å². The molecule has 2 aromatic carbocycles. The number of benzene rings is 2. The lowest BCUT2D eigenvalue weighted by molar-refractivity contribution is 0.423. The maximum atomic E-state index is 13.3. The topological polar surface area (TPSA) is 40.5 Å². The van der Waals surface area contributed by atoms with Crippen molar-refractivity contribution in [1.82, 2.24) is 0 Å². The first-order valence-electron chi connectivity index (χ1n) is 5.90. The molecular weight excluding hydrogens is 262 g/mol. The first-order chi connectivity index (χ1) is 9.06. The van der Waals surface area contributed by atoms with Crippen molar-refractivity contribution >= 4 is 24.3 Å². The van der Waals surface area contributed by atoms with Crippen molar-refractivity contribution < 1.29 is 14.4 Å². The maximum absolute atomic E-state index is 13.3. The first kappa shape index (κ1) is 14.1. The van der Waals surface area contributed by atoms with E-state index < -0.39 is 12.9 Å². The second kappa shape index (κ2) is 6.24. The van der Waals surface area contributed by atoms with Crippen molar-refractivity contribution in [2.45, 2.75) is 17.6 Å². The van der Waals surface area contributed by atoms with Crippen molar-refractivity contribution in [2.75, 3.05) is 0 Å². The van der Waals surface area contributed by atoms with Gasteiger partial charge in [0.05, 0.1) is 0 Å². The molecule has 2 nitrogen and oxygen atoms in total. The molecule has 2 aromatic rings. The predicted molar refractivity (Wildman–Crippen MR) is 77.0 cm³/mol. The maximum Gasteiger partial charge on any atom is 0.491 e. The summed E-state index contributed by atoms with van der Waals surface area (Å²) in [5.41, 5.74) is 1.97. The van der Waals surface area contributed by atoms with Gasteiger partial charge in [-0.05, 0) is 30.7 Å². The SMILES string of the molecule is Cc1cccc(SCc2ccc(F)c(B(O)O)c2)c1.